The van der Waals surface area contributed by atoms with E-state index in [0.717, 1.165) is 24.8 Å². The molecular formula is C26H29FO. The standard InChI is InChI=1S/C26H29FO/c1-19-12-14-22(17-20(19)2)26(3,4)16-8-9-21-13-15-24(27)25(18-21)28-23-10-6-5-7-11-23/h5-7,10-15,17-18H,8-9,16H2,1-4H3. The first-order valence-corrected chi connectivity index (χ1v) is 9.94. The van der Waals surface area contributed by atoms with Crippen LogP contribution in [0.15, 0.2) is 66.7 Å². The van der Waals surface area contributed by atoms with E-state index in [-0.39, 0.29) is 17.0 Å². The molecular weight excluding hydrogens is 347 g/mol. The highest BCUT2D eigenvalue weighted by Gasteiger charge is 2.20. The summed E-state index contributed by atoms with van der Waals surface area (Å²) in [7, 11) is 0. The molecule has 0 aliphatic carbocycles. The average Bonchev–Trinajstić information content (AvgIpc) is 2.67. The molecule has 2 heteroatoms. The van der Waals surface area contributed by atoms with Crippen LogP contribution in [-0.2, 0) is 11.8 Å². The lowest BCUT2D eigenvalue weighted by molar-refractivity contribution is 0.439. The van der Waals surface area contributed by atoms with E-state index in [9.17, 15) is 4.39 Å². The van der Waals surface area contributed by atoms with Crippen LogP contribution in [0, 0.1) is 19.7 Å². The van der Waals surface area contributed by atoms with Gasteiger partial charge in [0.05, 0.1) is 0 Å². The number of para-hydroxylation sites is 1. The third-order valence-electron chi connectivity index (χ3n) is 5.52. The number of benzene rings is 3. The predicted octanol–water partition coefficient (Wildman–Crippen LogP) is 7.54. The van der Waals surface area contributed by atoms with Crippen molar-refractivity contribution in [3.63, 3.8) is 0 Å². The van der Waals surface area contributed by atoms with Gasteiger partial charge in [0, 0.05) is 0 Å². The largest absolute Gasteiger partial charge is 0.454 e. The van der Waals surface area contributed by atoms with Gasteiger partial charge in [0.15, 0.2) is 11.6 Å². The maximum atomic E-state index is 14.1. The fraction of sp³-hybridized carbons (Fsp3) is 0.308. The Morgan fingerprint density at radius 1 is 0.857 bits per heavy atom. The molecule has 0 saturated carbocycles. The van der Waals surface area contributed by atoms with Gasteiger partial charge in [0.2, 0.25) is 0 Å². The maximum Gasteiger partial charge on any atom is 0.165 e. The first kappa shape index (κ1) is 20.1. The molecule has 0 unspecified atom stereocenters. The zero-order valence-electron chi connectivity index (χ0n) is 17.3. The van der Waals surface area contributed by atoms with Gasteiger partial charge in [-0.3, -0.25) is 0 Å². The van der Waals surface area contributed by atoms with Gasteiger partial charge in [-0.25, -0.2) is 4.39 Å². The number of rotatable bonds is 7. The minimum absolute atomic E-state index is 0.113. The van der Waals surface area contributed by atoms with Crippen LogP contribution in [0.2, 0.25) is 0 Å². The van der Waals surface area contributed by atoms with Crippen molar-refractivity contribution in [1.29, 1.82) is 0 Å². The number of halogens is 1. The summed E-state index contributed by atoms with van der Waals surface area (Å²) in [6.07, 6.45) is 3.01. The molecule has 0 heterocycles. The van der Waals surface area contributed by atoms with Crippen molar-refractivity contribution in [2.24, 2.45) is 0 Å². The molecule has 3 aromatic carbocycles. The Balaban J connectivity index is 1.64. The highest BCUT2D eigenvalue weighted by Crippen LogP contribution is 2.31. The summed E-state index contributed by atoms with van der Waals surface area (Å²) < 4.78 is 19.8. The summed E-state index contributed by atoms with van der Waals surface area (Å²) >= 11 is 0. The summed E-state index contributed by atoms with van der Waals surface area (Å²) in [6, 6.07) is 21.3. The lowest BCUT2D eigenvalue weighted by Crippen LogP contribution is -2.17. The summed E-state index contributed by atoms with van der Waals surface area (Å²) in [4.78, 5) is 0. The molecule has 0 aliphatic heterocycles. The lowest BCUT2D eigenvalue weighted by atomic mass is 9.79. The van der Waals surface area contributed by atoms with Crippen molar-refractivity contribution in [3.05, 3.63) is 94.8 Å². The molecule has 3 aromatic rings. The highest BCUT2D eigenvalue weighted by molar-refractivity contribution is 5.36. The van der Waals surface area contributed by atoms with Crippen LogP contribution in [0.5, 0.6) is 11.5 Å². The van der Waals surface area contributed by atoms with Gasteiger partial charge in [-0.1, -0.05) is 56.3 Å². The minimum Gasteiger partial charge on any atom is -0.454 e. The van der Waals surface area contributed by atoms with Crippen molar-refractivity contribution in [2.75, 3.05) is 0 Å². The third-order valence-corrected chi connectivity index (χ3v) is 5.52. The van der Waals surface area contributed by atoms with Gasteiger partial charge in [-0.05, 0) is 85.0 Å². The third kappa shape index (κ3) is 5.01. The van der Waals surface area contributed by atoms with Crippen molar-refractivity contribution in [3.8, 4) is 11.5 Å². The highest BCUT2D eigenvalue weighted by atomic mass is 19.1. The molecule has 0 radical (unpaired) electrons. The van der Waals surface area contributed by atoms with Gasteiger partial charge in [0.25, 0.3) is 0 Å². The molecule has 0 atom stereocenters. The molecule has 0 amide bonds. The van der Waals surface area contributed by atoms with Crippen molar-refractivity contribution in [1.82, 2.24) is 0 Å². The lowest BCUT2D eigenvalue weighted by Gasteiger charge is -2.26. The second-order valence-corrected chi connectivity index (χ2v) is 8.22. The normalized spacial score (nSPS) is 11.5. The molecule has 0 N–H and O–H groups in total. The van der Waals surface area contributed by atoms with Crippen LogP contribution in [0.1, 0.15) is 48.9 Å². The number of aryl methyl sites for hydroxylation is 3. The van der Waals surface area contributed by atoms with Gasteiger partial charge in [-0.15, -0.1) is 0 Å². The zero-order chi connectivity index (χ0) is 20.1. The van der Waals surface area contributed by atoms with E-state index in [1.54, 1.807) is 0 Å². The van der Waals surface area contributed by atoms with Crippen LogP contribution in [-0.4, -0.2) is 0 Å². The van der Waals surface area contributed by atoms with E-state index >= 15 is 0 Å². The molecule has 0 saturated heterocycles. The number of hydrogen-bond acceptors (Lipinski definition) is 1. The van der Waals surface area contributed by atoms with E-state index in [1.807, 2.05) is 42.5 Å². The Labute approximate surface area is 168 Å². The summed E-state index contributed by atoms with van der Waals surface area (Å²) in [5.41, 5.74) is 5.26. The monoisotopic (exact) mass is 376 g/mol. The molecule has 0 aromatic heterocycles. The van der Waals surface area contributed by atoms with Crippen LogP contribution in [0.4, 0.5) is 4.39 Å². The van der Waals surface area contributed by atoms with Crippen LogP contribution in [0.25, 0.3) is 0 Å². The van der Waals surface area contributed by atoms with Crippen LogP contribution >= 0.6 is 0 Å². The minimum atomic E-state index is -0.330. The van der Waals surface area contributed by atoms with Gasteiger partial charge in [0.1, 0.15) is 5.75 Å². The van der Waals surface area contributed by atoms with Crippen molar-refractivity contribution < 1.29 is 9.13 Å². The molecule has 0 aliphatic rings. The molecule has 0 spiro atoms. The van der Waals surface area contributed by atoms with E-state index in [1.165, 1.54) is 22.8 Å². The summed E-state index contributed by atoms with van der Waals surface area (Å²) in [5.74, 6) is 0.606. The quantitative estimate of drug-likeness (QED) is 0.414. The molecule has 28 heavy (non-hydrogen) atoms. The Kier molecular flexibility index (Phi) is 6.18. The number of ether oxygens (including phenoxy) is 1. The number of hydrogen-bond donors (Lipinski definition) is 0. The fourth-order valence-electron chi connectivity index (χ4n) is 3.44. The van der Waals surface area contributed by atoms with E-state index in [4.69, 9.17) is 4.74 Å². The average molecular weight is 377 g/mol. The summed E-state index contributed by atoms with van der Waals surface area (Å²) in [6.45, 7) is 8.91. The van der Waals surface area contributed by atoms with Gasteiger partial charge in [-0.2, -0.15) is 0 Å². The Bertz CT molecular complexity index is 928. The Morgan fingerprint density at radius 3 is 2.32 bits per heavy atom. The SMILES string of the molecule is Cc1ccc(C(C)(C)CCCc2ccc(F)c(Oc3ccccc3)c2)cc1C. The van der Waals surface area contributed by atoms with Gasteiger partial charge >= 0.3 is 0 Å². The van der Waals surface area contributed by atoms with E-state index in [0.29, 0.717) is 5.75 Å². The van der Waals surface area contributed by atoms with E-state index in [2.05, 4.69) is 45.9 Å². The molecule has 146 valence electrons. The smallest absolute Gasteiger partial charge is 0.165 e. The zero-order valence-corrected chi connectivity index (χ0v) is 17.3. The molecule has 1 nitrogen and oxygen atoms in total. The second-order valence-electron chi connectivity index (χ2n) is 8.22. The maximum absolute atomic E-state index is 14.1. The van der Waals surface area contributed by atoms with Crippen LogP contribution in [0.3, 0.4) is 0 Å². The van der Waals surface area contributed by atoms with Gasteiger partial charge < -0.3 is 4.74 Å². The predicted molar refractivity (Wildman–Crippen MR) is 115 cm³/mol. The second kappa shape index (κ2) is 8.60. The Morgan fingerprint density at radius 2 is 1.61 bits per heavy atom. The van der Waals surface area contributed by atoms with Crippen LogP contribution < -0.4 is 4.74 Å². The topological polar surface area (TPSA) is 9.23 Å². The van der Waals surface area contributed by atoms with Crippen molar-refractivity contribution in [2.45, 2.75) is 52.4 Å². The molecule has 3 rings (SSSR count). The molecule has 0 fully saturated rings. The van der Waals surface area contributed by atoms with Crippen molar-refractivity contribution >= 4 is 0 Å². The first-order valence-electron chi connectivity index (χ1n) is 9.94. The van der Waals surface area contributed by atoms with E-state index < -0.39 is 0 Å². The summed E-state index contributed by atoms with van der Waals surface area (Å²) in [5, 5.41) is 0. The molecule has 0 bridgehead atoms. The first-order chi connectivity index (χ1) is 13.3. The fourth-order valence-corrected chi connectivity index (χ4v) is 3.44. The Hall–Kier alpha value is -2.61.